The van der Waals surface area contributed by atoms with Gasteiger partial charge >= 0.3 is 5.97 Å². The number of phenols is 1. The number of carbonyl (C=O) groups is 2. The zero-order valence-electron chi connectivity index (χ0n) is 16.8. The minimum absolute atomic E-state index is 0. The number of carboxylic acids is 1. The summed E-state index contributed by atoms with van der Waals surface area (Å²) in [5.74, 6) is -1.55. The maximum absolute atomic E-state index is 13.2. The van der Waals surface area contributed by atoms with Gasteiger partial charge in [0.15, 0.2) is 0 Å². The molecule has 0 fully saturated rings. The molecule has 0 bridgehead atoms. The van der Waals surface area contributed by atoms with Gasteiger partial charge in [-0.25, -0.2) is 4.79 Å². The molecule has 3 rings (SSSR count). The highest BCUT2D eigenvalue weighted by Gasteiger charge is 2.38. The minimum Gasteiger partial charge on any atom is -0.508 e. The Balaban J connectivity index is 0.00000300. The van der Waals surface area contributed by atoms with Crippen molar-refractivity contribution in [2.75, 3.05) is 0 Å². The van der Waals surface area contributed by atoms with E-state index in [1.807, 2.05) is 45.0 Å². The second-order valence-electron chi connectivity index (χ2n) is 7.60. The van der Waals surface area contributed by atoms with Crippen LogP contribution in [0.25, 0.3) is 0 Å². The lowest BCUT2D eigenvalue weighted by molar-refractivity contribution is -0.152. The van der Waals surface area contributed by atoms with Crippen LogP contribution in [0, 0.1) is 13.8 Å². The van der Waals surface area contributed by atoms with Crippen molar-refractivity contribution in [1.82, 2.24) is 4.90 Å². The van der Waals surface area contributed by atoms with Crippen LogP contribution in [0.3, 0.4) is 0 Å². The number of fused-ring (bicyclic) bond motifs is 1. The lowest BCUT2D eigenvalue weighted by Crippen LogP contribution is -2.55. The number of aromatic hydroxyl groups is 1. The van der Waals surface area contributed by atoms with Gasteiger partial charge < -0.3 is 20.8 Å². The maximum atomic E-state index is 13.2. The van der Waals surface area contributed by atoms with Crippen LogP contribution in [0.1, 0.15) is 40.7 Å². The monoisotopic (exact) mass is 418 g/mol. The number of benzene rings is 2. The van der Waals surface area contributed by atoms with E-state index in [0.717, 1.165) is 27.8 Å². The highest BCUT2D eigenvalue weighted by molar-refractivity contribution is 5.88. The molecule has 6 nitrogen and oxygen atoms in total. The molecule has 0 saturated heterocycles. The first-order chi connectivity index (χ1) is 13.2. The molecule has 0 aromatic heterocycles. The molecule has 3 atom stereocenters. The SMILES string of the molecule is Cc1cc(O)cc(C)c1[C@@H](C)[C@@H](N)C(=O)N1Cc2ccccc2C[C@H]1C(=O)O.Cl. The Morgan fingerprint density at radius 2 is 1.69 bits per heavy atom. The molecule has 2 aromatic carbocycles. The number of carbonyl (C=O) groups excluding carboxylic acids is 1. The standard InChI is InChI=1S/C22H26N2O4.ClH/c1-12-8-17(25)9-13(2)19(12)14(3)20(23)21(26)24-11-16-7-5-4-6-15(16)10-18(24)22(27)28;/h4-9,14,18,20,25H,10-11,23H2,1-3H3,(H,27,28);1H/t14-,18+,20-;/m1./s1. The molecule has 29 heavy (non-hydrogen) atoms. The van der Waals surface area contributed by atoms with Crippen LogP contribution >= 0.6 is 12.4 Å². The average molecular weight is 419 g/mol. The van der Waals surface area contributed by atoms with Gasteiger partial charge in [0.05, 0.1) is 6.04 Å². The number of phenolic OH excluding ortho intramolecular Hbond substituents is 1. The predicted molar refractivity (Wildman–Crippen MR) is 113 cm³/mol. The van der Waals surface area contributed by atoms with Crippen LogP contribution in [-0.4, -0.2) is 39.1 Å². The molecular formula is C22H27ClN2O4. The molecule has 0 saturated carbocycles. The molecule has 0 unspecified atom stereocenters. The van der Waals surface area contributed by atoms with Gasteiger partial charge in [0.25, 0.3) is 0 Å². The molecule has 1 heterocycles. The smallest absolute Gasteiger partial charge is 0.326 e. The largest absolute Gasteiger partial charge is 0.508 e. The van der Waals surface area contributed by atoms with E-state index in [9.17, 15) is 19.8 Å². The summed E-state index contributed by atoms with van der Waals surface area (Å²) in [4.78, 5) is 26.4. The van der Waals surface area contributed by atoms with E-state index in [-0.39, 0.29) is 42.9 Å². The number of aryl methyl sites for hydroxylation is 2. The third kappa shape index (κ3) is 4.38. The Bertz CT molecular complexity index is 908. The van der Waals surface area contributed by atoms with E-state index in [0.29, 0.717) is 0 Å². The molecule has 1 amide bonds. The first-order valence-electron chi connectivity index (χ1n) is 9.36. The number of hydrogen-bond donors (Lipinski definition) is 3. The molecule has 4 N–H and O–H groups in total. The lowest BCUT2D eigenvalue weighted by Gasteiger charge is -2.37. The second-order valence-corrected chi connectivity index (χ2v) is 7.60. The molecule has 0 spiro atoms. The summed E-state index contributed by atoms with van der Waals surface area (Å²) >= 11 is 0. The van der Waals surface area contributed by atoms with Crippen molar-refractivity contribution in [2.45, 2.75) is 51.7 Å². The van der Waals surface area contributed by atoms with Gasteiger partial charge in [-0.1, -0.05) is 31.2 Å². The zero-order valence-corrected chi connectivity index (χ0v) is 17.6. The fraction of sp³-hybridized carbons (Fsp3) is 0.364. The quantitative estimate of drug-likeness (QED) is 0.708. The van der Waals surface area contributed by atoms with Crippen LogP contribution in [-0.2, 0) is 22.6 Å². The fourth-order valence-corrected chi connectivity index (χ4v) is 4.23. The van der Waals surface area contributed by atoms with Crippen molar-refractivity contribution >= 4 is 24.3 Å². The third-order valence-corrected chi connectivity index (χ3v) is 5.67. The topological polar surface area (TPSA) is 104 Å². The van der Waals surface area contributed by atoms with Gasteiger partial charge in [0, 0.05) is 18.9 Å². The first kappa shape index (κ1) is 22.7. The van der Waals surface area contributed by atoms with Gasteiger partial charge in [-0.3, -0.25) is 4.79 Å². The number of aliphatic carboxylic acids is 1. The Morgan fingerprint density at radius 3 is 2.24 bits per heavy atom. The molecule has 7 heteroatoms. The summed E-state index contributed by atoms with van der Waals surface area (Å²) in [6.45, 7) is 5.84. The zero-order chi connectivity index (χ0) is 20.6. The number of nitrogens with zero attached hydrogens (tertiary/aromatic N) is 1. The summed E-state index contributed by atoms with van der Waals surface area (Å²) in [5.41, 5.74) is 10.8. The predicted octanol–water partition coefficient (Wildman–Crippen LogP) is 2.90. The van der Waals surface area contributed by atoms with Crippen LogP contribution in [0.5, 0.6) is 5.75 Å². The number of nitrogens with two attached hydrogens (primary N) is 1. The highest BCUT2D eigenvalue weighted by atomic mass is 35.5. The molecule has 156 valence electrons. The second kappa shape index (κ2) is 8.84. The molecule has 2 aromatic rings. The summed E-state index contributed by atoms with van der Waals surface area (Å²) in [7, 11) is 0. The van der Waals surface area contributed by atoms with Crippen LogP contribution in [0.2, 0.25) is 0 Å². The fourth-order valence-electron chi connectivity index (χ4n) is 4.23. The first-order valence-corrected chi connectivity index (χ1v) is 9.36. The van der Waals surface area contributed by atoms with Crippen molar-refractivity contribution in [1.29, 1.82) is 0 Å². The van der Waals surface area contributed by atoms with Gasteiger partial charge in [-0.05, 0) is 53.8 Å². The van der Waals surface area contributed by atoms with Crippen molar-refractivity contribution in [3.63, 3.8) is 0 Å². The van der Waals surface area contributed by atoms with Crippen LogP contribution in [0.15, 0.2) is 36.4 Å². The van der Waals surface area contributed by atoms with E-state index in [1.165, 1.54) is 4.90 Å². The van der Waals surface area contributed by atoms with Gasteiger partial charge in [0.2, 0.25) is 5.91 Å². The number of hydrogen-bond acceptors (Lipinski definition) is 4. The lowest BCUT2D eigenvalue weighted by atomic mass is 9.85. The molecule has 1 aliphatic heterocycles. The Hall–Kier alpha value is -2.57. The van der Waals surface area contributed by atoms with E-state index >= 15 is 0 Å². The van der Waals surface area contributed by atoms with Crippen molar-refractivity contribution in [2.24, 2.45) is 5.73 Å². The third-order valence-electron chi connectivity index (χ3n) is 5.67. The number of amides is 1. The molecular weight excluding hydrogens is 392 g/mol. The number of halogens is 1. The maximum Gasteiger partial charge on any atom is 0.326 e. The summed E-state index contributed by atoms with van der Waals surface area (Å²) < 4.78 is 0. The van der Waals surface area contributed by atoms with Gasteiger partial charge in [-0.15, -0.1) is 12.4 Å². The Morgan fingerprint density at radius 1 is 1.14 bits per heavy atom. The van der Waals surface area contributed by atoms with Gasteiger partial charge in [-0.2, -0.15) is 0 Å². The molecule has 0 aliphatic carbocycles. The van der Waals surface area contributed by atoms with Gasteiger partial charge in [0.1, 0.15) is 11.8 Å². The minimum atomic E-state index is -1.03. The van der Waals surface area contributed by atoms with E-state index in [1.54, 1.807) is 12.1 Å². The van der Waals surface area contributed by atoms with E-state index < -0.39 is 18.1 Å². The molecule has 1 aliphatic rings. The van der Waals surface area contributed by atoms with Crippen LogP contribution in [0.4, 0.5) is 0 Å². The number of rotatable bonds is 4. The summed E-state index contributed by atoms with van der Waals surface area (Å²) in [5, 5.41) is 19.4. The van der Waals surface area contributed by atoms with E-state index in [4.69, 9.17) is 5.73 Å². The van der Waals surface area contributed by atoms with Crippen molar-refractivity contribution < 1.29 is 19.8 Å². The Labute approximate surface area is 176 Å². The summed E-state index contributed by atoms with van der Waals surface area (Å²) in [6.07, 6.45) is 0.273. The van der Waals surface area contributed by atoms with Crippen molar-refractivity contribution in [3.8, 4) is 5.75 Å². The van der Waals surface area contributed by atoms with E-state index in [2.05, 4.69) is 0 Å². The number of carboxylic acid groups (broad SMARTS) is 1. The highest BCUT2D eigenvalue weighted by Crippen LogP contribution is 2.31. The van der Waals surface area contributed by atoms with Crippen LogP contribution < -0.4 is 5.73 Å². The normalized spacial score (nSPS) is 17.7. The summed E-state index contributed by atoms with van der Waals surface area (Å²) in [6, 6.07) is 9.06. The molecule has 0 radical (unpaired) electrons. The Kier molecular flexibility index (Phi) is 6.93. The average Bonchev–Trinajstić information content (AvgIpc) is 2.64. The van der Waals surface area contributed by atoms with Crippen molar-refractivity contribution in [3.05, 3.63) is 64.2 Å².